The van der Waals surface area contributed by atoms with Gasteiger partial charge in [0.1, 0.15) is 18.1 Å². The Bertz CT molecular complexity index is 986. The first-order valence-electron chi connectivity index (χ1n) is 9.21. The van der Waals surface area contributed by atoms with Crippen LogP contribution in [0.5, 0.6) is 0 Å². The van der Waals surface area contributed by atoms with Gasteiger partial charge in [0.05, 0.1) is 11.9 Å². The number of rotatable bonds is 8. The van der Waals surface area contributed by atoms with Crippen LogP contribution in [0, 0.1) is 0 Å². The fourth-order valence-corrected chi connectivity index (χ4v) is 2.92. The third-order valence-electron chi connectivity index (χ3n) is 4.53. The van der Waals surface area contributed by atoms with Gasteiger partial charge in [0, 0.05) is 37.2 Å². The molecule has 0 atom stereocenters. The molecule has 30 heavy (non-hydrogen) atoms. The van der Waals surface area contributed by atoms with Gasteiger partial charge in [-0.05, 0) is 43.3 Å². The van der Waals surface area contributed by atoms with Crippen LogP contribution in [-0.2, 0) is 11.2 Å². The summed E-state index contributed by atoms with van der Waals surface area (Å²) >= 11 is 0. The number of carbonyl (C=O) groups excluding carboxylic acids is 1. The molecule has 0 spiro atoms. The van der Waals surface area contributed by atoms with Crippen LogP contribution in [0.3, 0.4) is 0 Å². The first-order valence-corrected chi connectivity index (χ1v) is 9.21. The minimum absolute atomic E-state index is 0.151. The summed E-state index contributed by atoms with van der Waals surface area (Å²) in [6.45, 7) is 2.29. The Labute approximate surface area is 173 Å². The predicted octanol–water partition coefficient (Wildman–Crippen LogP) is 1.99. The summed E-state index contributed by atoms with van der Waals surface area (Å²) < 4.78 is 29.6. The van der Waals surface area contributed by atoms with E-state index in [1.807, 2.05) is 35.8 Å². The average molecular weight is 417 g/mol. The van der Waals surface area contributed by atoms with Gasteiger partial charge in [-0.15, -0.1) is 0 Å². The van der Waals surface area contributed by atoms with E-state index < -0.39 is 5.92 Å². The molecule has 160 valence electrons. The highest BCUT2D eigenvalue weighted by Gasteiger charge is 2.27. The Morgan fingerprint density at radius 1 is 1.23 bits per heavy atom. The molecule has 0 radical (unpaired) electrons. The number of alkyl halides is 2. The average Bonchev–Trinajstić information content (AvgIpc) is 3.20. The first kappa shape index (κ1) is 22.9. The van der Waals surface area contributed by atoms with E-state index in [1.165, 1.54) is 0 Å². The van der Waals surface area contributed by atoms with E-state index in [2.05, 4.69) is 20.4 Å². The number of pyridine rings is 2. The molecule has 3 aromatic rings. The van der Waals surface area contributed by atoms with Crippen molar-refractivity contribution in [1.82, 2.24) is 19.9 Å². The van der Waals surface area contributed by atoms with Crippen LogP contribution < -0.4 is 16.9 Å². The van der Waals surface area contributed by atoms with Gasteiger partial charge in [-0.3, -0.25) is 9.55 Å². The van der Waals surface area contributed by atoms with Crippen molar-refractivity contribution in [1.29, 1.82) is 0 Å². The summed E-state index contributed by atoms with van der Waals surface area (Å²) in [4.78, 5) is 16.7. The third-order valence-corrected chi connectivity index (χ3v) is 4.53. The van der Waals surface area contributed by atoms with E-state index in [1.54, 1.807) is 25.5 Å². The van der Waals surface area contributed by atoms with E-state index in [-0.39, 0.29) is 25.1 Å². The van der Waals surface area contributed by atoms with Crippen LogP contribution in [0.1, 0.15) is 24.1 Å². The summed E-state index contributed by atoms with van der Waals surface area (Å²) in [6.07, 6.45) is 5.06. The molecule has 3 rings (SSSR count). The molecular formula is C20H25F2N7O. The number of aryl methyl sites for hydroxylation is 1. The molecule has 0 amide bonds. The molecule has 10 heteroatoms. The molecule has 3 aromatic heterocycles. The van der Waals surface area contributed by atoms with Gasteiger partial charge in [0.2, 0.25) is 5.92 Å². The minimum atomic E-state index is -2.69. The van der Waals surface area contributed by atoms with Gasteiger partial charge in [-0.25, -0.2) is 13.8 Å². The van der Waals surface area contributed by atoms with Crippen molar-refractivity contribution in [2.75, 3.05) is 13.6 Å². The van der Waals surface area contributed by atoms with E-state index >= 15 is 0 Å². The normalized spacial score (nSPS) is 11.9. The topological polar surface area (TPSA) is 124 Å². The van der Waals surface area contributed by atoms with Crippen LogP contribution in [0.4, 0.5) is 8.78 Å². The summed E-state index contributed by atoms with van der Waals surface area (Å²) in [7, 11) is 1.67. The molecule has 8 nitrogen and oxygen atoms in total. The lowest BCUT2D eigenvalue weighted by atomic mass is 10.0. The number of nitrogens with zero attached hydrogens (tertiary/aromatic N) is 4. The van der Waals surface area contributed by atoms with Gasteiger partial charge < -0.3 is 21.7 Å². The number of nitrogens with two attached hydrogens (primary N) is 2. The molecule has 0 unspecified atom stereocenters. The zero-order valence-electron chi connectivity index (χ0n) is 16.7. The standard InChI is InChI=1S/C19H23F2N7.CH2O/c1-24-8-7-19(20,21)6-4-13-10-14-5-9-28(18(14)26-11-13)15-2-3-16(25-12-15)17(22)27-23;1-2/h2-3,5,9-12,24H,4,6-8,23H2,1H3,(H2,22,27);1H2. The quantitative estimate of drug-likeness (QED) is 0.223. The van der Waals surface area contributed by atoms with Crippen LogP contribution in [0.2, 0.25) is 0 Å². The van der Waals surface area contributed by atoms with Gasteiger partial charge >= 0.3 is 0 Å². The maximum atomic E-state index is 13.9. The van der Waals surface area contributed by atoms with Crippen LogP contribution >= 0.6 is 0 Å². The molecule has 0 bridgehead atoms. The third kappa shape index (κ3) is 5.57. The minimum Gasteiger partial charge on any atom is -0.380 e. The SMILES string of the molecule is C=O.CNCCC(F)(F)CCc1cnc2c(ccn2-c2ccc(/C(N)=N/N)nc2)c1. The smallest absolute Gasteiger partial charge is 0.249 e. The second-order valence-corrected chi connectivity index (χ2v) is 6.57. The second-order valence-electron chi connectivity index (χ2n) is 6.57. The fraction of sp³-hybridized carbons (Fsp3) is 0.300. The van der Waals surface area contributed by atoms with E-state index in [9.17, 15) is 8.78 Å². The Kier molecular flexibility index (Phi) is 7.93. The number of halogens is 2. The number of aromatic nitrogens is 3. The molecule has 0 aromatic carbocycles. The van der Waals surface area contributed by atoms with E-state index in [0.29, 0.717) is 12.2 Å². The number of hydrogen-bond donors (Lipinski definition) is 3. The zero-order chi connectivity index (χ0) is 22.1. The first-order chi connectivity index (χ1) is 14.4. The highest BCUT2D eigenvalue weighted by Crippen LogP contribution is 2.26. The molecule has 0 fully saturated rings. The summed E-state index contributed by atoms with van der Waals surface area (Å²) in [5.41, 5.74) is 8.43. The Balaban J connectivity index is 0.00000155. The summed E-state index contributed by atoms with van der Waals surface area (Å²) in [5, 5.41) is 7.05. The zero-order valence-corrected chi connectivity index (χ0v) is 16.7. The lowest BCUT2D eigenvalue weighted by molar-refractivity contribution is -0.0980. The van der Waals surface area contributed by atoms with Crippen molar-refractivity contribution in [2.24, 2.45) is 16.7 Å². The Morgan fingerprint density at radius 2 is 2.00 bits per heavy atom. The van der Waals surface area contributed by atoms with Crippen LogP contribution in [0.25, 0.3) is 16.7 Å². The number of carbonyl (C=O) groups is 1. The number of amidine groups is 1. The largest absolute Gasteiger partial charge is 0.380 e. The van der Waals surface area contributed by atoms with Crippen molar-refractivity contribution in [3.63, 3.8) is 0 Å². The lowest BCUT2D eigenvalue weighted by Gasteiger charge is -2.15. The summed E-state index contributed by atoms with van der Waals surface area (Å²) in [6, 6.07) is 7.34. The van der Waals surface area contributed by atoms with Gasteiger partial charge in [0.25, 0.3) is 0 Å². The molecular weight excluding hydrogens is 392 g/mol. The van der Waals surface area contributed by atoms with Crippen molar-refractivity contribution in [3.8, 4) is 5.69 Å². The fourth-order valence-electron chi connectivity index (χ4n) is 2.92. The molecule has 0 saturated carbocycles. The van der Waals surface area contributed by atoms with Crippen LogP contribution in [-0.4, -0.2) is 46.7 Å². The molecule has 0 aliphatic rings. The lowest BCUT2D eigenvalue weighted by Crippen LogP contribution is -2.23. The monoisotopic (exact) mass is 417 g/mol. The Hall–Kier alpha value is -3.40. The molecule has 5 N–H and O–H groups in total. The highest BCUT2D eigenvalue weighted by atomic mass is 19.3. The van der Waals surface area contributed by atoms with Gasteiger partial charge in [-0.2, -0.15) is 5.10 Å². The van der Waals surface area contributed by atoms with Gasteiger partial charge in [-0.1, -0.05) is 0 Å². The van der Waals surface area contributed by atoms with Gasteiger partial charge in [0.15, 0.2) is 5.84 Å². The number of fused-ring (bicyclic) bond motifs is 1. The van der Waals surface area contributed by atoms with Crippen molar-refractivity contribution in [3.05, 3.63) is 54.1 Å². The Morgan fingerprint density at radius 3 is 2.63 bits per heavy atom. The molecule has 0 aliphatic carbocycles. The van der Waals surface area contributed by atoms with Crippen molar-refractivity contribution >= 4 is 23.7 Å². The second kappa shape index (κ2) is 10.4. The number of hydrazone groups is 1. The van der Waals surface area contributed by atoms with Crippen LogP contribution in [0.15, 0.2) is 48.0 Å². The molecule has 0 saturated heterocycles. The van der Waals surface area contributed by atoms with Crippen molar-refractivity contribution in [2.45, 2.75) is 25.2 Å². The predicted molar refractivity (Wildman–Crippen MR) is 113 cm³/mol. The number of hydrogen-bond acceptors (Lipinski definition) is 6. The molecule has 0 aliphatic heterocycles. The maximum absolute atomic E-state index is 13.9. The highest BCUT2D eigenvalue weighted by molar-refractivity contribution is 5.95. The maximum Gasteiger partial charge on any atom is 0.249 e. The summed E-state index contributed by atoms with van der Waals surface area (Å²) in [5.74, 6) is 2.62. The van der Waals surface area contributed by atoms with E-state index in [4.69, 9.17) is 16.4 Å². The number of nitrogens with one attached hydrogen (secondary N) is 1. The molecule has 3 heterocycles. The van der Waals surface area contributed by atoms with E-state index in [0.717, 1.165) is 22.3 Å². The van der Waals surface area contributed by atoms with Crippen molar-refractivity contribution < 1.29 is 13.6 Å².